The maximum absolute atomic E-state index is 12.9. The number of hydrogen-bond donors (Lipinski definition) is 1. The van der Waals surface area contributed by atoms with Gasteiger partial charge in [0.25, 0.3) is 0 Å². The lowest BCUT2D eigenvalue weighted by molar-refractivity contribution is -0.129. The molecule has 0 fully saturated rings. The van der Waals surface area contributed by atoms with Gasteiger partial charge in [-0.05, 0) is 43.4 Å². The summed E-state index contributed by atoms with van der Waals surface area (Å²) in [5, 5.41) is 3.39. The maximum atomic E-state index is 12.9. The first kappa shape index (κ1) is 17.3. The Hall–Kier alpha value is -2.01. The molecule has 23 heavy (non-hydrogen) atoms. The van der Waals surface area contributed by atoms with Crippen molar-refractivity contribution in [2.24, 2.45) is 0 Å². The molecule has 2 aromatic rings. The number of nitrogens with zero attached hydrogens (tertiary/aromatic N) is 1. The van der Waals surface area contributed by atoms with E-state index < -0.39 is 6.04 Å². The van der Waals surface area contributed by atoms with E-state index in [4.69, 9.17) is 11.6 Å². The highest BCUT2D eigenvalue weighted by Crippen LogP contribution is 2.21. The number of hydrogen-bond acceptors (Lipinski definition) is 3. The van der Waals surface area contributed by atoms with Crippen molar-refractivity contribution >= 4 is 29.0 Å². The fourth-order valence-corrected chi connectivity index (χ4v) is 2.52. The molecule has 0 heterocycles. The summed E-state index contributed by atoms with van der Waals surface area (Å²) in [6.07, 6.45) is 0. The third-order valence-electron chi connectivity index (χ3n) is 3.88. The Bertz CT molecular complexity index is 697. The van der Waals surface area contributed by atoms with Crippen LogP contribution in [0.3, 0.4) is 0 Å². The maximum Gasteiger partial charge on any atom is 0.343 e. The molecule has 2 aromatic carbocycles. The number of halogens is 1. The Labute approximate surface area is 141 Å². The van der Waals surface area contributed by atoms with Crippen molar-refractivity contribution in [3.8, 4) is 0 Å². The number of rotatable bonds is 5. The van der Waals surface area contributed by atoms with E-state index in [9.17, 15) is 9.59 Å². The lowest BCUT2D eigenvalue weighted by Crippen LogP contribution is -2.58. The van der Waals surface area contributed by atoms with E-state index in [0.29, 0.717) is 10.6 Å². The minimum atomic E-state index is -0.925. The molecule has 1 amide bonds. The second-order valence-corrected chi connectivity index (χ2v) is 6.16. The van der Waals surface area contributed by atoms with Gasteiger partial charge in [-0.25, -0.2) is 9.28 Å². The summed E-state index contributed by atoms with van der Waals surface area (Å²) in [6.45, 7) is 0. The van der Waals surface area contributed by atoms with Gasteiger partial charge in [0.1, 0.15) is 5.69 Å². The van der Waals surface area contributed by atoms with Crippen LogP contribution in [0.2, 0.25) is 5.02 Å². The molecule has 1 atom stereocenters. The molecule has 0 aliphatic heterocycles. The quantitative estimate of drug-likeness (QED) is 0.520. The molecule has 5 heteroatoms. The van der Waals surface area contributed by atoms with Gasteiger partial charge in [-0.2, -0.15) is 0 Å². The van der Waals surface area contributed by atoms with Crippen LogP contribution in [-0.2, 0) is 4.79 Å². The molecule has 0 aliphatic carbocycles. The van der Waals surface area contributed by atoms with Crippen LogP contribution in [0.25, 0.3) is 0 Å². The molecule has 0 radical (unpaired) electrons. The van der Waals surface area contributed by atoms with Gasteiger partial charge in [0, 0.05) is 10.6 Å². The number of ketones is 1. The Morgan fingerprint density at radius 3 is 2.09 bits per heavy atom. The van der Waals surface area contributed by atoms with Crippen molar-refractivity contribution in [1.82, 2.24) is 9.80 Å². The fraction of sp³-hybridized carbons (Fsp3) is 0.222. The SMILES string of the molecule is CNC(C(=O)c1ccc(Cl)cc1)C(=O)[N+](C)(C)c1ccccc1. The van der Waals surface area contributed by atoms with Crippen LogP contribution in [0.1, 0.15) is 10.4 Å². The average molecular weight is 332 g/mol. The Morgan fingerprint density at radius 2 is 1.57 bits per heavy atom. The van der Waals surface area contributed by atoms with Crippen molar-refractivity contribution in [3.05, 3.63) is 65.2 Å². The number of Topliss-reactive ketones (excluding diaryl/α,β-unsaturated/α-hetero) is 1. The zero-order valence-electron chi connectivity index (χ0n) is 13.4. The first-order valence-electron chi connectivity index (χ1n) is 7.29. The minimum absolute atomic E-state index is 0.0221. The van der Waals surface area contributed by atoms with Gasteiger partial charge in [-0.3, -0.25) is 10.1 Å². The summed E-state index contributed by atoms with van der Waals surface area (Å²) in [6, 6.07) is 15.0. The highest BCUT2D eigenvalue weighted by atomic mass is 35.5. The fourth-order valence-electron chi connectivity index (χ4n) is 2.40. The van der Waals surface area contributed by atoms with Gasteiger partial charge in [-0.1, -0.05) is 29.8 Å². The highest BCUT2D eigenvalue weighted by molar-refractivity contribution is 6.30. The summed E-state index contributed by atoms with van der Waals surface area (Å²) in [4.78, 5) is 25.6. The lowest BCUT2D eigenvalue weighted by Gasteiger charge is -2.29. The second kappa shape index (κ2) is 7.04. The standard InChI is InChI=1S/C18H20ClN2O2/c1-20-16(17(22)13-9-11-14(19)12-10-13)18(23)21(2,3)15-7-5-4-6-8-15/h4-12,16,20H,1-3H3/q+1. The van der Waals surface area contributed by atoms with Crippen molar-refractivity contribution in [1.29, 1.82) is 0 Å². The molecule has 1 unspecified atom stereocenters. The summed E-state index contributed by atoms with van der Waals surface area (Å²) in [5.74, 6) is -0.491. The third kappa shape index (κ3) is 3.67. The van der Waals surface area contributed by atoms with Gasteiger partial charge in [-0.15, -0.1) is 0 Å². The zero-order valence-corrected chi connectivity index (χ0v) is 14.2. The van der Waals surface area contributed by atoms with E-state index in [0.717, 1.165) is 5.69 Å². The van der Waals surface area contributed by atoms with Crippen LogP contribution in [0, 0.1) is 0 Å². The van der Waals surface area contributed by atoms with Gasteiger partial charge in [0.2, 0.25) is 0 Å². The van der Waals surface area contributed by atoms with Crippen LogP contribution < -0.4 is 9.80 Å². The molecule has 2 rings (SSSR count). The van der Waals surface area contributed by atoms with Gasteiger partial charge >= 0.3 is 5.91 Å². The smallest absolute Gasteiger partial charge is 0.299 e. The highest BCUT2D eigenvalue weighted by Gasteiger charge is 2.39. The van der Waals surface area contributed by atoms with Crippen molar-refractivity contribution in [2.45, 2.75) is 6.04 Å². The van der Waals surface area contributed by atoms with E-state index in [2.05, 4.69) is 5.32 Å². The average Bonchev–Trinajstić information content (AvgIpc) is 2.56. The van der Waals surface area contributed by atoms with E-state index in [1.807, 2.05) is 30.3 Å². The van der Waals surface area contributed by atoms with Crippen LogP contribution >= 0.6 is 11.6 Å². The molecule has 1 N–H and O–H groups in total. The van der Waals surface area contributed by atoms with Crippen molar-refractivity contribution in [3.63, 3.8) is 0 Å². The van der Waals surface area contributed by atoms with Crippen LogP contribution in [0.4, 0.5) is 5.69 Å². The topological polar surface area (TPSA) is 46.2 Å². The molecule has 0 saturated carbocycles. The monoisotopic (exact) mass is 331 g/mol. The van der Waals surface area contributed by atoms with E-state index in [-0.39, 0.29) is 16.2 Å². The number of para-hydroxylation sites is 1. The Kier molecular flexibility index (Phi) is 5.31. The number of benzene rings is 2. The largest absolute Gasteiger partial charge is 0.343 e. The van der Waals surface area contributed by atoms with Crippen molar-refractivity contribution in [2.75, 3.05) is 21.1 Å². The zero-order chi connectivity index (χ0) is 17.0. The summed E-state index contributed by atoms with van der Waals surface area (Å²) in [5.41, 5.74) is 1.27. The first-order valence-corrected chi connectivity index (χ1v) is 7.66. The molecular weight excluding hydrogens is 312 g/mol. The first-order chi connectivity index (χ1) is 10.9. The minimum Gasteiger partial charge on any atom is -0.299 e. The predicted octanol–water partition coefficient (Wildman–Crippen LogP) is 2.90. The number of carbonyl (C=O) groups is 2. The lowest BCUT2D eigenvalue weighted by atomic mass is 10.0. The van der Waals surface area contributed by atoms with Crippen LogP contribution in [-0.4, -0.2) is 38.9 Å². The molecule has 0 aliphatic rings. The third-order valence-corrected chi connectivity index (χ3v) is 4.13. The summed E-state index contributed by atoms with van der Waals surface area (Å²) in [7, 11) is 5.16. The molecule has 0 bridgehead atoms. The van der Waals surface area contributed by atoms with Gasteiger partial charge in [0.15, 0.2) is 11.8 Å². The van der Waals surface area contributed by atoms with E-state index >= 15 is 0 Å². The van der Waals surface area contributed by atoms with E-state index in [1.165, 1.54) is 0 Å². The van der Waals surface area contributed by atoms with Crippen molar-refractivity contribution < 1.29 is 9.59 Å². The second-order valence-electron chi connectivity index (χ2n) is 5.72. The molecular formula is C18H20ClN2O2+. The Morgan fingerprint density at radius 1 is 1.00 bits per heavy atom. The molecule has 4 nitrogen and oxygen atoms in total. The number of nitrogens with one attached hydrogen (secondary N) is 1. The summed E-state index contributed by atoms with van der Waals surface area (Å²) >= 11 is 5.85. The molecule has 0 saturated heterocycles. The number of carbonyl (C=O) groups excluding carboxylic acids is 2. The Balaban J connectivity index is 2.31. The van der Waals surface area contributed by atoms with Crippen LogP contribution in [0.5, 0.6) is 0 Å². The molecule has 120 valence electrons. The van der Waals surface area contributed by atoms with Crippen LogP contribution in [0.15, 0.2) is 54.6 Å². The van der Waals surface area contributed by atoms with Gasteiger partial charge < -0.3 is 0 Å². The number of quaternary nitrogens is 1. The number of likely N-dealkylation sites (N-methyl/N-ethyl adjacent to an activating group) is 2. The van der Waals surface area contributed by atoms with E-state index in [1.54, 1.807) is 45.4 Å². The number of amides is 1. The summed E-state index contributed by atoms with van der Waals surface area (Å²) < 4.78 is -0.0221. The van der Waals surface area contributed by atoms with Gasteiger partial charge in [0.05, 0.1) is 14.1 Å². The molecule has 0 spiro atoms. The predicted molar refractivity (Wildman–Crippen MR) is 93.7 cm³/mol. The normalized spacial score (nSPS) is 12.7. The molecule has 0 aromatic heterocycles.